The third-order valence-electron chi connectivity index (χ3n) is 2.40. The smallest absolute Gasteiger partial charge is 0.387 e. The Morgan fingerprint density at radius 1 is 1.37 bits per heavy atom. The SMILES string of the molecule is COc1ccc(Cl)c(Nc2cccnc2[N+](=O)[O-])c1. The van der Waals surface area contributed by atoms with E-state index in [4.69, 9.17) is 16.3 Å². The van der Waals surface area contributed by atoms with E-state index in [0.29, 0.717) is 16.5 Å². The van der Waals surface area contributed by atoms with E-state index < -0.39 is 4.92 Å². The number of hydrogen-bond donors (Lipinski definition) is 1. The molecule has 1 aromatic heterocycles. The number of nitrogens with zero attached hydrogens (tertiary/aromatic N) is 2. The summed E-state index contributed by atoms with van der Waals surface area (Å²) in [6.07, 6.45) is 1.36. The van der Waals surface area contributed by atoms with Crippen LogP contribution in [0.4, 0.5) is 17.2 Å². The zero-order chi connectivity index (χ0) is 13.8. The van der Waals surface area contributed by atoms with E-state index in [9.17, 15) is 10.1 Å². The Hall–Kier alpha value is -2.34. The maximum atomic E-state index is 10.9. The highest BCUT2D eigenvalue weighted by molar-refractivity contribution is 6.33. The summed E-state index contributed by atoms with van der Waals surface area (Å²) in [5.41, 5.74) is 0.778. The molecule has 0 spiro atoms. The largest absolute Gasteiger partial charge is 0.497 e. The molecule has 0 atom stereocenters. The molecular weight excluding hydrogens is 270 g/mol. The fourth-order valence-corrected chi connectivity index (χ4v) is 1.68. The van der Waals surface area contributed by atoms with Crippen LogP contribution in [0.2, 0.25) is 5.02 Å². The summed E-state index contributed by atoms with van der Waals surface area (Å²) < 4.78 is 5.08. The molecule has 0 bridgehead atoms. The molecule has 98 valence electrons. The quantitative estimate of drug-likeness (QED) is 0.685. The van der Waals surface area contributed by atoms with Gasteiger partial charge in [0.15, 0.2) is 0 Å². The Kier molecular flexibility index (Phi) is 3.82. The number of hydrogen-bond acceptors (Lipinski definition) is 5. The van der Waals surface area contributed by atoms with Crippen LogP contribution in [0.15, 0.2) is 36.5 Å². The van der Waals surface area contributed by atoms with Crippen LogP contribution in [0.25, 0.3) is 0 Å². The summed E-state index contributed by atoms with van der Waals surface area (Å²) in [7, 11) is 1.53. The minimum atomic E-state index is -0.559. The topological polar surface area (TPSA) is 77.3 Å². The Morgan fingerprint density at radius 3 is 2.84 bits per heavy atom. The number of anilines is 2. The second kappa shape index (κ2) is 5.53. The van der Waals surface area contributed by atoms with Gasteiger partial charge in [0, 0.05) is 6.07 Å². The first-order valence-corrected chi connectivity index (χ1v) is 5.69. The molecule has 1 aromatic carbocycles. The third-order valence-corrected chi connectivity index (χ3v) is 2.73. The molecule has 0 aliphatic rings. The molecule has 19 heavy (non-hydrogen) atoms. The minimum Gasteiger partial charge on any atom is -0.497 e. The predicted molar refractivity (Wildman–Crippen MR) is 72.2 cm³/mol. The number of nitrogens with one attached hydrogen (secondary N) is 1. The number of aromatic nitrogens is 1. The van der Waals surface area contributed by atoms with Gasteiger partial charge in [-0.3, -0.25) is 0 Å². The molecule has 1 heterocycles. The van der Waals surface area contributed by atoms with Crippen LogP contribution in [0, 0.1) is 10.1 Å². The molecule has 2 rings (SSSR count). The van der Waals surface area contributed by atoms with Crippen LogP contribution in [0.3, 0.4) is 0 Å². The predicted octanol–water partition coefficient (Wildman–Crippen LogP) is 3.40. The van der Waals surface area contributed by atoms with Crippen LogP contribution in [0.1, 0.15) is 0 Å². The maximum Gasteiger partial charge on any atom is 0.387 e. The Labute approximate surface area is 114 Å². The zero-order valence-electron chi connectivity index (χ0n) is 9.96. The first kappa shape index (κ1) is 13.1. The van der Waals surface area contributed by atoms with Gasteiger partial charge < -0.3 is 20.2 Å². The molecule has 0 aliphatic heterocycles. The third kappa shape index (κ3) is 2.92. The molecule has 6 nitrogen and oxygen atoms in total. The first-order chi connectivity index (χ1) is 9.11. The van der Waals surface area contributed by atoms with Crippen LogP contribution in [-0.4, -0.2) is 17.0 Å². The van der Waals surface area contributed by atoms with Crippen molar-refractivity contribution >= 4 is 28.8 Å². The number of benzene rings is 1. The van der Waals surface area contributed by atoms with E-state index in [1.54, 1.807) is 30.3 Å². The summed E-state index contributed by atoms with van der Waals surface area (Å²) in [6, 6.07) is 8.15. The summed E-state index contributed by atoms with van der Waals surface area (Å²) >= 11 is 6.03. The van der Waals surface area contributed by atoms with Crippen LogP contribution in [0.5, 0.6) is 5.75 Å². The molecule has 0 fully saturated rings. The summed E-state index contributed by atoms with van der Waals surface area (Å²) in [4.78, 5) is 14.0. The van der Waals surface area contributed by atoms with Crippen molar-refractivity contribution in [1.82, 2.24) is 4.98 Å². The second-order valence-electron chi connectivity index (χ2n) is 3.60. The van der Waals surface area contributed by atoms with Gasteiger partial charge in [-0.25, -0.2) is 0 Å². The average molecular weight is 280 g/mol. The van der Waals surface area contributed by atoms with Crippen LogP contribution >= 0.6 is 11.6 Å². The van der Waals surface area contributed by atoms with E-state index in [2.05, 4.69) is 10.3 Å². The van der Waals surface area contributed by atoms with Crippen molar-refractivity contribution in [3.63, 3.8) is 0 Å². The Bertz CT molecular complexity index is 619. The fraction of sp³-hybridized carbons (Fsp3) is 0.0833. The standard InChI is InChI=1S/C12H10ClN3O3/c1-19-8-4-5-9(13)11(7-8)15-10-3-2-6-14-12(10)16(17)18/h2-7,15H,1H3. The van der Waals surface area contributed by atoms with Crippen molar-refractivity contribution in [1.29, 1.82) is 0 Å². The van der Waals surface area contributed by atoms with Crippen molar-refractivity contribution < 1.29 is 9.66 Å². The fourth-order valence-electron chi connectivity index (χ4n) is 1.51. The lowest BCUT2D eigenvalue weighted by Gasteiger charge is -2.09. The number of nitro groups is 1. The molecule has 0 radical (unpaired) electrons. The molecular formula is C12H10ClN3O3. The normalized spacial score (nSPS) is 10.0. The highest BCUT2D eigenvalue weighted by atomic mass is 35.5. The average Bonchev–Trinajstić information content (AvgIpc) is 2.41. The lowest BCUT2D eigenvalue weighted by Crippen LogP contribution is -1.99. The van der Waals surface area contributed by atoms with Gasteiger partial charge in [0.05, 0.1) is 17.8 Å². The number of methoxy groups -OCH3 is 1. The van der Waals surface area contributed by atoms with E-state index in [1.165, 1.54) is 13.3 Å². The van der Waals surface area contributed by atoms with E-state index in [1.807, 2.05) is 0 Å². The summed E-state index contributed by atoms with van der Waals surface area (Å²) in [5, 5.41) is 14.2. The lowest BCUT2D eigenvalue weighted by atomic mass is 10.2. The van der Waals surface area contributed by atoms with E-state index >= 15 is 0 Å². The van der Waals surface area contributed by atoms with Crippen LogP contribution in [-0.2, 0) is 0 Å². The molecule has 0 saturated carbocycles. The van der Waals surface area contributed by atoms with E-state index in [0.717, 1.165) is 0 Å². The maximum absolute atomic E-state index is 10.9. The van der Waals surface area contributed by atoms with Gasteiger partial charge in [-0.15, -0.1) is 0 Å². The van der Waals surface area contributed by atoms with Gasteiger partial charge in [-0.2, -0.15) is 0 Å². The van der Waals surface area contributed by atoms with Crippen molar-refractivity contribution in [2.24, 2.45) is 0 Å². The van der Waals surface area contributed by atoms with E-state index in [-0.39, 0.29) is 11.5 Å². The molecule has 1 N–H and O–H groups in total. The number of halogens is 1. The van der Waals surface area contributed by atoms with Crippen molar-refractivity contribution in [2.75, 3.05) is 12.4 Å². The van der Waals surface area contributed by atoms with Gasteiger partial charge in [-0.05, 0) is 34.2 Å². The molecule has 0 aliphatic carbocycles. The summed E-state index contributed by atoms with van der Waals surface area (Å²) in [5.74, 6) is 0.333. The van der Waals surface area contributed by atoms with Gasteiger partial charge in [0.25, 0.3) is 0 Å². The van der Waals surface area contributed by atoms with Crippen LogP contribution < -0.4 is 10.1 Å². The van der Waals surface area contributed by atoms with Gasteiger partial charge in [-0.1, -0.05) is 11.6 Å². The number of pyridine rings is 1. The van der Waals surface area contributed by atoms with Gasteiger partial charge in [0.2, 0.25) is 0 Å². The Morgan fingerprint density at radius 2 is 2.16 bits per heavy atom. The molecule has 0 amide bonds. The second-order valence-corrected chi connectivity index (χ2v) is 4.01. The monoisotopic (exact) mass is 279 g/mol. The van der Waals surface area contributed by atoms with Crippen molar-refractivity contribution in [3.8, 4) is 5.75 Å². The molecule has 0 unspecified atom stereocenters. The minimum absolute atomic E-state index is 0.263. The zero-order valence-corrected chi connectivity index (χ0v) is 10.7. The molecule has 0 saturated heterocycles. The molecule has 2 aromatic rings. The first-order valence-electron chi connectivity index (χ1n) is 5.32. The molecule has 7 heteroatoms. The van der Waals surface area contributed by atoms with Crippen molar-refractivity contribution in [2.45, 2.75) is 0 Å². The van der Waals surface area contributed by atoms with Gasteiger partial charge in [0.1, 0.15) is 17.6 Å². The number of ether oxygens (including phenoxy) is 1. The van der Waals surface area contributed by atoms with Gasteiger partial charge >= 0.3 is 5.82 Å². The summed E-state index contributed by atoms with van der Waals surface area (Å²) in [6.45, 7) is 0. The highest BCUT2D eigenvalue weighted by Gasteiger charge is 2.15. The highest BCUT2D eigenvalue weighted by Crippen LogP contribution is 2.32. The van der Waals surface area contributed by atoms with Crippen molar-refractivity contribution in [3.05, 3.63) is 51.7 Å². The Balaban J connectivity index is 2.38. The lowest BCUT2D eigenvalue weighted by molar-refractivity contribution is -0.388. The number of rotatable bonds is 4.